The first kappa shape index (κ1) is 25.3. The number of carbonyl (C=O) groups excluding carboxylic acids is 2. The summed E-state index contributed by atoms with van der Waals surface area (Å²) in [6.45, 7) is 13.4. The third-order valence-corrected chi connectivity index (χ3v) is 6.08. The SMILES string of the molecule is C=C(C(=O)NC(C)c1ncc(C(=O)Nc2cccc(C(C)(C)C)c2)s1)/C(Cl)=C(N)\N=C/C. The van der Waals surface area contributed by atoms with Crippen molar-refractivity contribution in [2.75, 3.05) is 5.32 Å². The van der Waals surface area contributed by atoms with E-state index >= 15 is 0 Å². The number of nitrogens with two attached hydrogens (primary N) is 1. The van der Waals surface area contributed by atoms with Gasteiger partial charge in [0.2, 0.25) is 0 Å². The summed E-state index contributed by atoms with van der Waals surface area (Å²) < 4.78 is 0. The molecule has 0 spiro atoms. The molecule has 0 aliphatic rings. The zero-order valence-corrected chi connectivity index (χ0v) is 20.4. The quantitative estimate of drug-likeness (QED) is 0.302. The van der Waals surface area contributed by atoms with Crippen LogP contribution in [0.3, 0.4) is 0 Å². The lowest BCUT2D eigenvalue weighted by molar-refractivity contribution is -0.117. The van der Waals surface area contributed by atoms with Crippen molar-refractivity contribution < 1.29 is 9.59 Å². The van der Waals surface area contributed by atoms with Crippen molar-refractivity contribution in [3.8, 4) is 0 Å². The second-order valence-corrected chi connectivity index (χ2v) is 9.55. The molecule has 1 unspecified atom stereocenters. The number of hydrogen-bond acceptors (Lipinski definition) is 6. The molecule has 7 nitrogen and oxygen atoms in total. The van der Waals surface area contributed by atoms with E-state index in [9.17, 15) is 9.59 Å². The van der Waals surface area contributed by atoms with E-state index in [2.05, 4.69) is 48.0 Å². The van der Waals surface area contributed by atoms with E-state index in [4.69, 9.17) is 17.3 Å². The van der Waals surface area contributed by atoms with Crippen LogP contribution in [0.25, 0.3) is 0 Å². The third-order valence-electron chi connectivity index (χ3n) is 4.48. The van der Waals surface area contributed by atoms with Crippen LogP contribution in [0.5, 0.6) is 0 Å². The first-order chi connectivity index (χ1) is 14.9. The lowest BCUT2D eigenvalue weighted by Gasteiger charge is -2.19. The van der Waals surface area contributed by atoms with Gasteiger partial charge in [-0.15, -0.1) is 11.3 Å². The Morgan fingerprint density at radius 3 is 2.66 bits per heavy atom. The molecule has 2 amide bonds. The number of nitrogens with one attached hydrogen (secondary N) is 2. The van der Waals surface area contributed by atoms with E-state index in [1.807, 2.05) is 24.3 Å². The van der Waals surface area contributed by atoms with Crippen molar-refractivity contribution in [3.63, 3.8) is 0 Å². The van der Waals surface area contributed by atoms with Crippen molar-refractivity contribution in [2.24, 2.45) is 10.7 Å². The Kier molecular flexibility index (Phi) is 8.35. The highest BCUT2D eigenvalue weighted by atomic mass is 35.5. The molecule has 170 valence electrons. The zero-order chi connectivity index (χ0) is 24.1. The average Bonchev–Trinajstić information content (AvgIpc) is 3.23. The van der Waals surface area contributed by atoms with Gasteiger partial charge in [0, 0.05) is 11.9 Å². The predicted molar refractivity (Wildman–Crippen MR) is 132 cm³/mol. The molecule has 0 saturated carbocycles. The van der Waals surface area contributed by atoms with Crippen LogP contribution in [-0.2, 0) is 10.2 Å². The van der Waals surface area contributed by atoms with E-state index < -0.39 is 11.9 Å². The molecular formula is C23H28ClN5O2S. The van der Waals surface area contributed by atoms with E-state index in [1.165, 1.54) is 23.7 Å². The minimum absolute atomic E-state index is 0.00475. The summed E-state index contributed by atoms with van der Waals surface area (Å²) in [5.41, 5.74) is 7.50. The molecule has 0 aliphatic heterocycles. The number of benzene rings is 1. The predicted octanol–water partition coefficient (Wildman–Crippen LogP) is 4.88. The zero-order valence-electron chi connectivity index (χ0n) is 18.8. The lowest BCUT2D eigenvalue weighted by Crippen LogP contribution is -2.28. The van der Waals surface area contributed by atoms with Crippen molar-refractivity contribution in [3.05, 3.63) is 68.9 Å². The molecular weight excluding hydrogens is 446 g/mol. The van der Waals surface area contributed by atoms with Gasteiger partial charge in [-0.05, 0) is 37.0 Å². The number of anilines is 1. The van der Waals surface area contributed by atoms with E-state index in [0.717, 1.165) is 5.56 Å². The Bertz CT molecular complexity index is 1080. The number of hydrogen-bond donors (Lipinski definition) is 3. The molecule has 1 atom stereocenters. The Morgan fingerprint density at radius 1 is 1.34 bits per heavy atom. The van der Waals surface area contributed by atoms with Crippen molar-refractivity contribution in [2.45, 2.75) is 46.1 Å². The number of aromatic nitrogens is 1. The van der Waals surface area contributed by atoms with Gasteiger partial charge in [-0.3, -0.25) is 9.59 Å². The molecule has 4 N–H and O–H groups in total. The van der Waals surface area contributed by atoms with Gasteiger partial charge >= 0.3 is 0 Å². The molecule has 0 aliphatic carbocycles. The van der Waals surface area contributed by atoms with Crippen LogP contribution in [0.4, 0.5) is 5.69 Å². The Balaban J connectivity index is 2.07. The number of halogens is 1. The highest BCUT2D eigenvalue weighted by Crippen LogP contribution is 2.26. The molecule has 1 heterocycles. The number of amides is 2. The first-order valence-corrected chi connectivity index (χ1v) is 11.1. The normalized spacial score (nSPS) is 13.4. The molecule has 2 aromatic rings. The molecule has 32 heavy (non-hydrogen) atoms. The maximum Gasteiger partial charge on any atom is 0.267 e. The van der Waals surface area contributed by atoms with E-state index in [1.54, 1.807) is 13.8 Å². The standard InChI is InChI=1S/C23H28ClN5O2S/c1-7-26-19(25)18(24)13(2)20(30)28-14(3)22-27-12-17(32-22)21(31)29-16-10-8-9-15(11-16)23(4,5)6/h7-12,14H,2,25H2,1,3-6H3,(H,28,30)(H,29,31)/b19-18+,26-7-. The van der Waals surface area contributed by atoms with Gasteiger partial charge in [0.05, 0.1) is 22.8 Å². The van der Waals surface area contributed by atoms with Gasteiger partial charge in [-0.1, -0.05) is 51.1 Å². The largest absolute Gasteiger partial charge is 0.382 e. The summed E-state index contributed by atoms with van der Waals surface area (Å²) in [6, 6.07) is 7.28. The molecule has 0 saturated heterocycles. The van der Waals surface area contributed by atoms with Crippen molar-refractivity contribution in [1.29, 1.82) is 0 Å². The summed E-state index contributed by atoms with van der Waals surface area (Å²) in [5.74, 6) is -0.762. The Hall–Kier alpha value is -2.97. The minimum Gasteiger partial charge on any atom is -0.382 e. The van der Waals surface area contributed by atoms with Crippen LogP contribution < -0.4 is 16.4 Å². The topological polar surface area (TPSA) is 109 Å². The van der Waals surface area contributed by atoms with Crippen LogP contribution in [0.15, 0.2) is 58.5 Å². The second kappa shape index (κ2) is 10.6. The smallest absolute Gasteiger partial charge is 0.267 e. The highest BCUT2D eigenvalue weighted by Gasteiger charge is 2.20. The Morgan fingerprint density at radius 2 is 2.03 bits per heavy atom. The van der Waals surface area contributed by atoms with Gasteiger partial charge in [-0.25, -0.2) is 9.98 Å². The summed E-state index contributed by atoms with van der Waals surface area (Å²) in [7, 11) is 0. The molecule has 1 aromatic heterocycles. The average molecular weight is 474 g/mol. The number of aliphatic imine (C=N–C) groups is 1. The number of thiazole rings is 1. The summed E-state index contributed by atoms with van der Waals surface area (Å²) >= 11 is 7.26. The minimum atomic E-state index is -0.503. The van der Waals surface area contributed by atoms with Crippen LogP contribution in [0, 0.1) is 0 Å². The number of rotatable bonds is 7. The fourth-order valence-electron chi connectivity index (χ4n) is 2.64. The lowest BCUT2D eigenvalue weighted by atomic mass is 9.87. The molecule has 0 bridgehead atoms. The maximum atomic E-state index is 12.7. The van der Waals surface area contributed by atoms with Gasteiger partial charge in [-0.2, -0.15) is 0 Å². The van der Waals surface area contributed by atoms with Crippen molar-refractivity contribution >= 4 is 46.7 Å². The second-order valence-electron chi connectivity index (χ2n) is 8.11. The van der Waals surface area contributed by atoms with Crippen LogP contribution in [0.2, 0.25) is 0 Å². The van der Waals surface area contributed by atoms with Gasteiger partial charge in [0.15, 0.2) is 0 Å². The third kappa shape index (κ3) is 6.51. The number of carbonyl (C=O) groups is 2. The summed E-state index contributed by atoms with van der Waals surface area (Å²) in [5, 5.41) is 6.20. The van der Waals surface area contributed by atoms with E-state index in [0.29, 0.717) is 15.6 Å². The molecule has 0 radical (unpaired) electrons. The Labute approximate surface area is 197 Å². The van der Waals surface area contributed by atoms with Crippen LogP contribution in [0.1, 0.15) is 60.9 Å². The fraction of sp³-hybridized carbons (Fsp3) is 0.304. The van der Waals surface area contributed by atoms with Gasteiger partial charge in [0.1, 0.15) is 15.7 Å². The van der Waals surface area contributed by atoms with Crippen LogP contribution >= 0.6 is 22.9 Å². The first-order valence-electron chi connectivity index (χ1n) is 9.95. The molecule has 1 aromatic carbocycles. The maximum absolute atomic E-state index is 12.7. The fourth-order valence-corrected chi connectivity index (χ4v) is 3.59. The summed E-state index contributed by atoms with van der Waals surface area (Å²) in [4.78, 5) is 33.7. The summed E-state index contributed by atoms with van der Waals surface area (Å²) in [6.07, 6.45) is 2.95. The monoisotopic (exact) mass is 473 g/mol. The molecule has 2 rings (SSSR count). The molecule has 9 heteroatoms. The van der Waals surface area contributed by atoms with Gasteiger partial charge < -0.3 is 16.4 Å². The van der Waals surface area contributed by atoms with Crippen LogP contribution in [-0.4, -0.2) is 23.0 Å². The van der Waals surface area contributed by atoms with Crippen molar-refractivity contribution in [1.82, 2.24) is 10.3 Å². The highest BCUT2D eigenvalue weighted by molar-refractivity contribution is 7.13. The molecule has 0 fully saturated rings. The van der Waals surface area contributed by atoms with Gasteiger partial charge in [0.25, 0.3) is 11.8 Å². The van der Waals surface area contributed by atoms with E-state index in [-0.39, 0.29) is 27.7 Å². The number of nitrogens with zero attached hydrogens (tertiary/aromatic N) is 2.